The highest BCUT2D eigenvalue weighted by molar-refractivity contribution is 7.91. The molecular formula is C11H25ClN2O2S. The number of likely N-dealkylation sites (tertiary alicyclic amines) is 1. The van der Waals surface area contributed by atoms with Crippen molar-refractivity contribution < 1.29 is 8.42 Å². The maximum atomic E-state index is 11.4. The van der Waals surface area contributed by atoms with Crippen molar-refractivity contribution >= 4 is 22.2 Å². The Bertz CT molecular complexity index is 330. The summed E-state index contributed by atoms with van der Waals surface area (Å²) in [5, 5.41) is 0. The van der Waals surface area contributed by atoms with Crippen LogP contribution in [0.3, 0.4) is 0 Å². The van der Waals surface area contributed by atoms with Gasteiger partial charge in [-0.05, 0) is 18.4 Å². The molecular weight excluding hydrogens is 260 g/mol. The van der Waals surface area contributed by atoms with Crippen LogP contribution in [0.4, 0.5) is 0 Å². The number of hydrogen-bond acceptors (Lipinski definition) is 4. The van der Waals surface area contributed by atoms with Gasteiger partial charge in [0.1, 0.15) is 0 Å². The number of rotatable bonds is 4. The lowest BCUT2D eigenvalue weighted by Crippen LogP contribution is -2.53. The van der Waals surface area contributed by atoms with Crippen LogP contribution in [0.2, 0.25) is 0 Å². The van der Waals surface area contributed by atoms with E-state index in [1.54, 1.807) is 6.92 Å². The minimum absolute atomic E-state index is 0. The molecule has 1 fully saturated rings. The first-order valence-corrected chi connectivity index (χ1v) is 7.77. The molecule has 17 heavy (non-hydrogen) atoms. The number of hydrogen-bond donors (Lipinski definition) is 1. The highest BCUT2D eigenvalue weighted by atomic mass is 35.5. The van der Waals surface area contributed by atoms with Crippen LogP contribution < -0.4 is 5.73 Å². The van der Waals surface area contributed by atoms with E-state index >= 15 is 0 Å². The van der Waals surface area contributed by atoms with Crippen molar-refractivity contribution in [2.24, 2.45) is 11.1 Å². The average Bonchev–Trinajstić information content (AvgIpc) is 2.20. The lowest BCUT2D eigenvalue weighted by molar-refractivity contribution is 0.101. The summed E-state index contributed by atoms with van der Waals surface area (Å²) in [6.07, 6.45) is 0.958. The summed E-state index contributed by atoms with van der Waals surface area (Å²) < 4.78 is 22.8. The van der Waals surface area contributed by atoms with Gasteiger partial charge < -0.3 is 10.6 Å². The highest BCUT2D eigenvalue weighted by Crippen LogP contribution is 2.27. The minimum atomic E-state index is -2.84. The SMILES string of the molecule is CCS(=O)(=O)CCN1CCC(N)C(C)(C)C1.Cl. The van der Waals surface area contributed by atoms with E-state index in [4.69, 9.17) is 5.73 Å². The van der Waals surface area contributed by atoms with E-state index in [1.165, 1.54) is 0 Å². The molecule has 1 saturated heterocycles. The van der Waals surface area contributed by atoms with Gasteiger partial charge in [-0.3, -0.25) is 0 Å². The number of sulfone groups is 1. The van der Waals surface area contributed by atoms with Gasteiger partial charge >= 0.3 is 0 Å². The quantitative estimate of drug-likeness (QED) is 0.833. The highest BCUT2D eigenvalue weighted by Gasteiger charge is 2.33. The summed E-state index contributed by atoms with van der Waals surface area (Å²) in [7, 11) is -2.84. The summed E-state index contributed by atoms with van der Waals surface area (Å²) in [4.78, 5) is 2.22. The van der Waals surface area contributed by atoms with Gasteiger partial charge in [-0.1, -0.05) is 20.8 Å². The lowest BCUT2D eigenvalue weighted by atomic mass is 9.80. The monoisotopic (exact) mass is 284 g/mol. The zero-order valence-corrected chi connectivity index (χ0v) is 12.6. The van der Waals surface area contributed by atoms with Crippen molar-refractivity contribution in [3.63, 3.8) is 0 Å². The molecule has 4 nitrogen and oxygen atoms in total. The summed E-state index contributed by atoms with van der Waals surface area (Å²) in [6, 6.07) is 0.228. The molecule has 0 aromatic rings. The molecule has 0 bridgehead atoms. The van der Waals surface area contributed by atoms with E-state index in [2.05, 4.69) is 18.7 Å². The number of nitrogens with two attached hydrogens (primary N) is 1. The Balaban J connectivity index is 0.00000256. The van der Waals surface area contributed by atoms with Gasteiger partial charge in [-0.25, -0.2) is 8.42 Å². The second-order valence-corrected chi connectivity index (χ2v) is 7.87. The third kappa shape index (κ3) is 5.12. The predicted octanol–water partition coefficient (Wildman–Crippen LogP) is 0.902. The van der Waals surface area contributed by atoms with Gasteiger partial charge in [0.25, 0.3) is 0 Å². The molecule has 0 aromatic heterocycles. The molecule has 2 N–H and O–H groups in total. The van der Waals surface area contributed by atoms with Crippen LogP contribution in [-0.2, 0) is 9.84 Å². The Morgan fingerprint density at radius 1 is 1.41 bits per heavy atom. The van der Waals surface area contributed by atoms with Crippen molar-refractivity contribution in [2.75, 3.05) is 31.1 Å². The molecule has 0 radical (unpaired) electrons. The van der Waals surface area contributed by atoms with E-state index in [0.29, 0.717) is 6.54 Å². The topological polar surface area (TPSA) is 63.4 Å². The first kappa shape index (κ1) is 17.2. The van der Waals surface area contributed by atoms with Crippen LogP contribution in [0.5, 0.6) is 0 Å². The standard InChI is InChI=1S/C11H24N2O2S.ClH/c1-4-16(14,15)8-7-13-6-5-10(12)11(2,3)9-13;/h10H,4-9,12H2,1-3H3;1H. The summed E-state index contributed by atoms with van der Waals surface area (Å²) in [5.41, 5.74) is 6.13. The van der Waals surface area contributed by atoms with Crippen molar-refractivity contribution in [2.45, 2.75) is 33.2 Å². The summed E-state index contributed by atoms with van der Waals surface area (Å²) >= 11 is 0. The fourth-order valence-corrected chi connectivity index (χ4v) is 2.91. The third-order valence-electron chi connectivity index (χ3n) is 3.55. The molecule has 0 saturated carbocycles. The first-order chi connectivity index (χ1) is 7.27. The molecule has 0 aromatic carbocycles. The van der Waals surface area contributed by atoms with Gasteiger partial charge in [-0.15, -0.1) is 12.4 Å². The van der Waals surface area contributed by atoms with Crippen molar-refractivity contribution in [3.8, 4) is 0 Å². The van der Waals surface area contributed by atoms with Crippen molar-refractivity contribution in [1.82, 2.24) is 4.90 Å². The van der Waals surface area contributed by atoms with Crippen LogP contribution in [0.25, 0.3) is 0 Å². The normalized spacial score (nSPS) is 25.3. The van der Waals surface area contributed by atoms with Gasteiger partial charge in [-0.2, -0.15) is 0 Å². The van der Waals surface area contributed by atoms with Gasteiger partial charge in [0.2, 0.25) is 0 Å². The molecule has 1 aliphatic heterocycles. The third-order valence-corrected chi connectivity index (χ3v) is 5.23. The maximum absolute atomic E-state index is 11.4. The van der Waals surface area contributed by atoms with Crippen LogP contribution in [0, 0.1) is 5.41 Å². The Labute approximate surface area is 111 Å². The Morgan fingerprint density at radius 3 is 2.47 bits per heavy atom. The van der Waals surface area contributed by atoms with E-state index < -0.39 is 9.84 Å². The molecule has 1 aliphatic rings. The number of halogens is 1. The van der Waals surface area contributed by atoms with E-state index in [0.717, 1.165) is 19.5 Å². The zero-order valence-electron chi connectivity index (χ0n) is 11.0. The van der Waals surface area contributed by atoms with Gasteiger partial charge in [0.05, 0.1) is 5.75 Å². The number of piperidine rings is 1. The van der Waals surface area contributed by atoms with Crippen molar-refractivity contribution in [1.29, 1.82) is 0 Å². The molecule has 1 heterocycles. The molecule has 1 rings (SSSR count). The van der Waals surface area contributed by atoms with Crippen LogP contribution in [-0.4, -0.2) is 50.5 Å². The first-order valence-electron chi connectivity index (χ1n) is 5.95. The van der Waals surface area contributed by atoms with Crippen LogP contribution >= 0.6 is 12.4 Å². The largest absolute Gasteiger partial charge is 0.327 e. The molecule has 1 unspecified atom stereocenters. The molecule has 0 spiro atoms. The van der Waals surface area contributed by atoms with Crippen molar-refractivity contribution in [3.05, 3.63) is 0 Å². The lowest BCUT2D eigenvalue weighted by Gasteiger charge is -2.42. The Kier molecular flexibility index (Phi) is 6.42. The fraction of sp³-hybridized carbons (Fsp3) is 1.00. The minimum Gasteiger partial charge on any atom is -0.327 e. The van der Waals surface area contributed by atoms with Crippen LogP contribution in [0.1, 0.15) is 27.2 Å². The molecule has 0 amide bonds. The fourth-order valence-electron chi connectivity index (χ4n) is 2.09. The predicted molar refractivity (Wildman–Crippen MR) is 74.4 cm³/mol. The summed E-state index contributed by atoms with van der Waals surface area (Å²) in [5.74, 6) is 0.512. The molecule has 0 aliphatic carbocycles. The van der Waals surface area contributed by atoms with E-state index in [1.807, 2.05) is 0 Å². The second kappa shape index (κ2) is 6.36. The maximum Gasteiger partial charge on any atom is 0.151 e. The van der Waals surface area contributed by atoms with E-state index in [9.17, 15) is 8.42 Å². The number of nitrogens with zero attached hydrogens (tertiary/aromatic N) is 1. The Morgan fingerprint density at radius 2 is 2.00 bits per heavy atom. The van der Waals surface area contributed by atoms with E-state index in [-0.39, 0.29) is 35.4 Å². The van der Waals surface area contributed by atoms with Gasteiger partial charge in [0.15, 0.2) is 9.84 Å². The Hall–Kier alpha value is 0.160. The molecule has 104 valence electrons. The zero-order chi connectivity index (χ0) is 12.4. The smallest absolute Gasteiger partial charge is 0.151 e. The van der Waals surface area contributed by atoms with Crippen LogP contribution in [0.15, 0.2) is 0 Å². The van der Waals surface area contributed by atoms with Gasteiger partial charge in [0, 0.05) is 24.9 Å². The molecule has 1 atom stereocenters. The average molecular weight is 285 g/mol. The summed E-state index contributed by atoms with van der Waals surface area (Å²) in [6.45, 7) is 8.46. The second-order valence-electron chi connectivity index (χ2n) is 5.40. The molecule has 6 heteroatoms.